The Morgan fingerprint density at radius 1 is 1.42 bits per heavy atom. The minimum absolute atomic E-state index is 0.00558. The molecule has 1 saturated heterocycles. The quantitative estimate of drug-likeness (QED) is 0.787. The van der Waals surface area contributed by atoms with Crippen LogP contribution in [0.3, 0.4) is 0 Å². The molecule has 7 nitrogen and oxygen atoms in total. The highest BCUT2D eigenvalue weighted by Crippen LogP contribution is 2.24. The molecule has 7 heteroatoms. The number of aromatic amines is 1. The Hall–Kier alpha value is -2.83. The average Bonchev–Trinajstić information content (AvgIpc) is 3.17. The summed E-state index contributed by atoms with van der Waals surface area (Å²) in [6.45, 7) is 1.46. The number of benzene rings is 1. The third-order valence-corrected chi connectivity index (χ3v) is 4.69. The zero-order valence-electron chi connectivity index (χ0n) is 14.9. The molecular formula is C19H24N4O3. The number of aromatic nitrogens is 2. The number of para-hydroxylation sites is 1. The summed E-state index contributed by atoms with van der Waals surface area (Å²) < 4.78 is 5.36. The molecular weight excluding hydrogens is 332 g/mol. The first kappa shape index (κ1) is 18.0. The number of nitrogens with one attached hydrogen (secondary N) is 2. The van der Waals surface area contributed by atoms with Crippen molar-refractivity contribution in [2.24, 2.45) is 5.92 Å². The Balaban J connectivity index is 1.55. The Morgan fingerprint density at radius 3 is 3.04 bits per heavy atom. The van der Waals surface area contributed by atoms with E-state index in [9.17, 15) is 9.59 Å². The summed E-state index contributed by atoms with van der Waals surface area (Å²) >= 11 is 0. The molecule has 0 radical (unpaired) electrons. The second-order valence-corrected chi connectivity index (χ2v) is 6.47. The summed E-state index contributed by atoms with van der Waals surface area (Å²) in [6.07, 6.45) is 5.30. The zero-order chi connectivity index (χ0) is 18.4. The first-order valence-electron chi connectivity index (χ1n) is 8.82. The average molecular weight is 356 g/mol. The predicted molar refractivity (Wildman–Crippen MR) is 96.4 cm³/mol. The lowest BCUT2D eigenvalue weighted by Crippen LogP contribution is -2.45. The Labute approximate surface area is 152 Å². The lowest BCUT2D eigenvalue weighted by molar-refractivity contribution is -0.138. The summed E-state index contributed by atoms with van der Waals surface area (Å²) in [6, 6.07) is 7.65. The minimum atomic E-state index is -0.174. The summed E-state index contributed by atoms with van der Waals surface area (Å²) in [5, 5.41) is 9.62. The third-order valence-electron chi connectivity index (χ3n) is 4.69. The molecule has 1 aliphatic heterocycles. The monoisotopic (exact) mass is 356 g/mol. The van der Waals surface area contributed by atoms with E-state index < -0.39 is 0 Å². The summed E-state index contributed by atoms with van der Waals surface area (Å²) in [7, 11) is 1.62. The lowest BCUT2D eigenvalue weighted by atomic mass is 9.96. The molecule has 1 aromatic heterocycles. The van der Waals surface area contributed by atoms with Crippen molar-refractivity contribution in [3.8, 4) is 5.75 Å². The van der Waals surface area contributed by atoms with Crippen molar-refractivity contribution >= 4 is 11.8 Å². The SMILES string of the molecule is COc1ccccc1CN1C[C@@H](C(=O)NCCc2cn[nH]c2)CCC1=O. The second kappa shape index (κ2) is 8.51. The molecule has 138 valence electrons. The van der Waals surface area contributed by atoms with Gasteiger partial charge in [0.2, 0.25) is 11.8 Å². The van der Waals surface area contributed by atoms with E-state index in [1.165, 1.54) is 0 Å². The number of amides is 2. The number of carbonyl (C=O) groups excluding carboxylic acids is 2. The van der Waals surface area contributed by atoms with Gasteiger partial charge in [0.25, 0.3) is 0 Å². The van der Waals surface area contributed by atoms with Gasteiger partial charge in [0.05, 0.1) is 19.2 Å². The fraction of sp³-hybridized carbons (Fsp3) is 0.421. The third kappa shape index (κ3) is 4.41. The van der Waals surface area contributed by atoms with Crippen LogP contribution in [0.1, 0.15) is 24.0 Å². The largest absolute Gasteiger partial charge is 0.496 e. The molecule has 2 aromatic rings. The van der Waals surface area contributed by atoms with E-state index in [2.05, 4.69) is 15.5 Å². The highest BCUT2D eigenvalue weighted by Gasteiger charge is 2.30. The van der Waals surface area contributed by atoms with Crippen molar-refractivity contribution in [1.29, 1.82) is 0 Å². The molecule has 0 spiro atoms. The van der Waals surface area contributed by atoms with Gasteiger partial charge < -0.3 is 15.0 Å². The number of likely N-dealkylation sites (tertiary alicyclic amines) is 1. The predicted octanol–water partition coefficient (Wildman–Crippen LogP) is 1.52. The van der Waals surface area contributed by atoms with Crippen molar-refractivity contribution < 1.29 is 14.3 Å². The number of hydrogen-bond donors (Lipinski definition) is 2. The highest BCUT2D eigenvalue weighted by atomic mass is 16.5. The van der Waals surface area contributed by atoms with Crippen LogP contribution in [0.2, 0.25) is 0 Å². The van der Waals surface area contributed by atoms with E-state index in [1.807, 2.05) is 30.5 Å². The summed E-state index contributed by atoms with van der Waals surface area (Å²) in [4.78, 5) is 26.5. The van der Waals surface area contributed by atoms with E-state index >= 15 is 0 Å². The van der Waals surface area contributed by atoms with Gasteiger partial charge in [0.1, 0.15) is 5.75 Å². The van der Waals surface area contributed by atoms with Crippen molar-refractivity contribution in [2.75, 3.05) is 20.2 Å². The lowest BCUT2D eigenvalue weighted by Gasteiger charge is -2.32. The van der Waals surface area contributed by atoms with Crippen LogP contribution in [-0.4, -0.2) is 47.1 Å². The van der Waals surface area contributed by atoms with Crippen LogP contribution in [0.15, 0.2) is 36.7 Å². The van der Waals surface area contributed by atoms with Crippen LogP contribution >= 0.6 is 0 Å². The maximum atomic E-state index is 12.5. The zero-order valence-corrected chi connectivity index (χ0v) is 14.9. The smallest absolute Gasteiger partial charge is 0.224 e. The van der Waals surface area contributed by atoms with Gasteiger partial charge in [-0.1, -0.05) is 18.2 Å². The molecule has 0 saturated carbocycles. The molecule has 3 rings (SSSR count). The highest BCUT2D eigenvalue weighted by molar-refractivity contribution is 5.83. The van der Waals surface area contributed by atoms with Gasteiger partial charge in [-0.2, -0.15) is 5.10 Å². The normalized spacial score (nSPS) is 17.2. The molecule has 1 atom stereocenters. The van der Waals surface area contributed by atoms with Crippen molar-refractivity contribution in [1.82, 2.24) is 20.4 Å². The first-order valence-corrected chi connectivity index (χ1v) is 8.82. The van der Waals surface area contributed by atoms with Crippen LogP contribution in [0, 0.1) is 5.92 Å². The molecule has 2 N–H and O–H groups in total. The van der Waals surface area contributed by atoms with Crippen molar-refractivity contribution in [3.05, 3.63) is 47.8 Å². The molecule has 1 aliphatic rings. The van der Waals surface area contributed by atoms with E-state index in [0.29, 0.717) is 32.5 Å². The van der Waals surface area contributed by atoms with Crippen molar-refractivity contribution in [2.45, 2.75) is 25.8 Å². The Morgan fingerprint density at radius 2 is 2.27 bits per heavy atom. The molecule has 2 heterocycles. The number of rotatable bonds is 7. The van der Waals surface area contributed by atoms with Gasteiger partial charge in [-0.3, -0.25) is 14.7 Å². The van der Waals surface area contributed by atoms with Crippen LogP contribution in [0.5, 0.6) is 5.75 Å². The van der Waals surface area contributed by atoms with E-state index in [0.717, 1.165) is 23.3 Å². The van der Waals surface area contributed by atoms with Gasteiger partial charge in [0, 0.05) is 37.8 Å². The molecule has 1 aromatic carbocycles. The summed E-state index contributed by atoms with van der Waals surface area (Å²) in [5.41, 5.74) is 2.01. The van der Waals surface area contributed by atoms with Gasteiger partial charge in [-0.25, -0.2) is 0 Å². The molecule has 0 aliphatic carbocycles. The Kier molecular flexibility index (Phi) is 5.88. The van der Waals surface area contributed by atoms with Gasteiger partial charge >= 0.3 is 0 Å². The first-order chi connectivity index (χ1) is 12.7. The standard InChI is InChI=1S/C19H24N4O3/c1-26-17-5-3-2-4-15(17)12-23-13-16(6-7-18(23)24)19(25)20-9-8-14-10-21-22-11-14/h2-5,10-11,16H,6-9,12-13H2,1H3,(H,20,25)(H,21,22)/t16-/m0/s1. The van der Waals surface area contributed by atoms with Crippen LogP contribution in [-0.2, 0) is 22.6 Å². The van der Waals surface area contributed by atoms with Crippen molar-refractivity contribution in [3.63, 3.8) is 0 Å². The van der Waals surface area contributed by atoms with E-state index in [4.69, 9.17) is 4.74 Å². The van der Waals surface area contributed by atoms with Gasteiger partial charge in [0.15, 0.2) is 0 Å². The molecule has 2 amide bonds. The topological polar surface area (TPSA) is 87.3 Å². The van der Waals surface area contributed by atoms with Crippen LogP contribution in [0.4, 0.5) is 0 Å². The molecule has 0 bridgehead atoms. The maximum absolute atomic E-state index is 12.5. The number of piperidine rings is 1. The number of hydrogen-bond acceptors (Lipinski definition) is 4. The van der Waals surface area contributed by atoms with Gasteiger partial charge in [-0.15, -0.1) is 0 Å². The fourth-order valence-electron chi connectivity index (χ4n) is 3.21. The number of H-pyrrole nitrogens is 1. The number of carbonyl (C=O) groups is 2. The number of nitrogens with zero attached hydrogens (tertiary/aromatic N) is 2. The molecule has 1 fully saturated rings. The Bertz CT molecular complexity index is 745. The number of methoxy groups -OCH3 is 1. The minimum Gasteiger partial charge on any atom is -0.496 e. The second-order valence-electron chi connectivity index (χ2n) is 6.47. The number of ether oxygens (including phenoxy) is 1. The van der Waals surface area contributed by atoms with Gasteiger partial charge in [-0.05, 0) is 24.5 Å². The molecule has 26 heavy (non-hydrogen) atoms. The van der Waals surface area contributed by atoms with E-state index in [1.54, 1.807) is 18.2 Å². The van der Waals surface area contributed by atoms with Crippen LogP contribution < -0.4 is 10.1 Å². The van der Waals surface area contributed by atoms with Crippen LogP contribution in [0.25, 0.3) is 0 Å². The summed E-state index contributed by atoms with van der Waals surface area (Å²) in [5.74, 6) is 0.670. The fourth-order valence-corrected chi connectivity index (χ4v) is 3.21. The maximum Gasteiger partial charge on any atom is 0.224 e. The van der Waals surface area contributed by atoms with E-state index in [-0.39, 0.29) is 17.7 Å². The molecule has 0 unspecified atom stereocenters.